The molecule has 0 heterocycles. The molecule has 0 bridgehead atoms. The van der Waals surface area contributed by atoms with Crippen molar-refractivity contribution in [2.24, 2.45) is 0 Å². The van der Waals surface area contributed by atoms with E-state index in [0.717, 1.165) is 0 Å². The van der Waals surface area contributed by atoms with Crippen molar-refractivity contribution in [3.8, 4) is 0 Å². The van der Waals surface area contributed by atoms with Crippen molar-refractivity contribution in [2.45, 2.75) is 46.3 Å². The van der Waals surface area contributed by atoms with E-state index in [1.54, 1.807) is 27.7 Å². The Morgan fingerprint density at radius 2 is 1.45 bits per heavy atom. The summed E-state index contributed by atoms with van der Waals surface area (Å²) in [6.45, 7) is 8.28. The molecule has 8 heteroatoms. The molecule has 0 aromatic carbocycles. The minimum Gasteiger partial charge on any atom is -0.481 e. The number of hydrogen-bond donors (Lipinski definition) is 1. The first-order valence-corrected chi connectivity index (χ1v) is 8.58. The quantitative estimate of drug-likeness (QED) is 0.350. The molecule has 0 saturated heterocycles. The summed E-state index contributed by atoms with van der Waals surface area (Å²) in [5.74, 6) is -2.05. The summed E-state index contributed by atoms with van der Waals surface area (Å²) in [7, 11) is -3.17. The molecule has 0 saturated carbocycles. The third kappa shape index (κ3) is 5.99. The van der Waals surface area contributed by atoms with Gasteiger partial charge in [-0.1, -0.05) is 6.92 Å². The van der Waals surface area contributed by atoms with Gasteiger partial charge in [0.1, 0.15) is 6.42 Å². The summed E-state index contributed by atoms with van der Waals surface area (Å²) in [5, 5.41) is 8.60. The standard InChI is InChI=1S/C12H24O7Si/c1-5-12(19-11(15)9-10(13)14)20(16-6-2,17-7-3)18-8-4/h12H,5-9H2,1-4H3,(H,13,14). The van der Waals surface area contributed by atoms with Crippen molar-refractivity contribution in [2.75, 3.05) is 19.8 Å². The lowest BCUT2D eigenvalue weighted by Gasteiger charge is -2.34. The van der Waals surface area contributed by atoms with Crippen LogP contribution in [0.5, 0.6) is 0 Å². The predicted octanol–water partition coefficient (Wildman–Crippen LogP) is 1.37. The second-order valence-electron chi connectivity index (χ2n) is 3.86. The smallest absolute Gasteiger partial charge is 0.481 e. The molecule has 1 N–H and O–H groups in total. The van der Waals surface area contributed by atoms with Gasteiger partial charge in [0.15, 0.2) is 5.73 Å². The van der Waals surface area contributed by atoms with Crippen molar-refractivity contribution >= 4 is 20.7 Å². The Kier molecular flexibility index (Phi) is 9.39. The number of carboxylic acids is 1. The van der Waals surface area contributed by atoms with Crippen LogP contribution in [0.15, 0.2) is 0 Å². The molecule has 0 aliphatic rings. The van der Waals surface area contributed by atoms with Gasteiger partial charge in [-0.05, 0) is 27.2 Å². The summed E-state index contributed by atoms with van der Waals surface area (Å²) in [5.41, 5.74) is -0.700. The molecule has 0 rings (SSSR count). The first kappa shape index (κ1) is 19.0. The van der Waals surface area contributed by atoms with E-state index in [4.69, 9.17) is 23.1 Å². The highest BCUT2D eigenvalue weighted by Gasteiger charge is 2.51. The summed E-state index contributed by atoms with van der Waals surface area (Å²) < 4.78 is 22.1. The zero-order valence-electron chi connectivity index (χ0n) is 12.5. The molecule has 1 atom stereocenters. The Hall–Kier alpha value is -0.963. The number of rotatable bonds is 11. The van der Waals surface area contributed by atoms with Crippen molar-refractivity contribution < 1.29 is 32.7 Å². The fraction of sp³-hybridized carbons (Fsp3) is 0.833. The van der Waals surface area contributed by atoms with Crippen LogP contribution in [-0.4, -0.2) is 51.4 Å². The molecule has 0 aliphatic heterocycles. The van der Waals surface area contributed by atoms with Crippen LogP contribution in [-0.2, 0) is 27.6 Å². The molecule has 0 amide bonds. The Morgan fingerprint density at radius 1 is 1.00 bits per heavy atom. The van der Waals surface area contributed by atoms with Gasteiger partial charge in [0.25, 0.3) is 0 Å². The van der Waals surface area contributed by atoms with Gasteiger partial charge in [0.05, 0.1) is 0 Å². The van der Waals surface area contributed by atoms with Crippen molar-refractivity contribution in [3.63, 3.8) is 0 Å². The van der Waals surface area contributed by atoms with Crippen molar-refractivity contribution in [1.82, 2.24) is 0 Å². The molecule has 20 heavy (non-hydrogen) atoms. The second-order valence-corrected chi connectivity index (χ2v) is 6.58. The van der Waals surface area contributed by atoms with Crippen LogP contribution >= 0.6 is 0 Å². The van der Waals surface area contributed by atoms with Gasteiger partial charge in [0, 0.05) is 19.8 Å². The molecule has 0 fully saturated rings. The summed E-state index contributed by atoms with van der Waals surface area (Å²) in [6, 6.07) is 0. The highest BCUT2D eigenvalue weighted by atomic mass is 28.4. The van der Waals surface area contributed by atoms with Gasteiger partial charge >= 0.3 is 20.7 Å². The lowest BCUT2D eigenvalue weighted by molar-refractivity contribution is -0.155. The second kappa shape index (κ2) is 9.86. The third-order valence-corrected chi connectivity index (χ3v) is 5.76. The van der Waals surface area contributed by atoms with Gasteiger partial charge in [-0.3, -0.25) is 9.59 Å². The maximum Gasteiger partial charge on any atom is 0.544 e. The number of hydrogen-bond acceptors (Lipinski definition) is 6. The van der Waals surface area contributed by atoms with Crippen LogP contribution in [0.2, 0.25) is 0 Å². The van der Waals surface area contributed by atoms with Gasteiger partial charge < -0.3 is 23.1 Å². The Labute approximate surface area is 120 Å². The zero-order chi connectivity index (χ0) is 15.6. The predicted molar refractivity (Wildman–Crippen MR) is 73.1 cm³/mol. The van der Waals surface area contributed by atoms with Gasteiger partial charge in [-0.15, -0.1) is 0 Å². The number of esters is 1. The average molecular weight is 308 g/mol. The number of aliphatic carboxylic acids is 1. The SMILES string of the molecule is CCO[Si](OCC)(OCC)C(CC)OC(=O)CC(=O)O. The maximum atomic E-state index is 11.5. The molecule has 0 aliphatic carbocycles. The maximum absolute atomic E-state index is 11.5. The van der Waals surface area contributed by atoms with Crippen LogP contribution < -0.4 is 0 Å². The van der Waals surface area contributed by atoms with E-state index in [9.17, 15) is 9.59 Å². The number of carbonyl (C=O) groups excluding carboxylic acids is 1. The number of carboxylic acid groups (broad SMARTS) is 1. The van der Waals surface area contributed by atoms with Crippen molar-refractivity contribution in [3.05, 3.63) is 0 Å². The number of ether oxygens (including phenoxy) is 1. The van der Waals surface area contributed by atoms with E-state index in [1.807, 2.05) is 0 Å². The molecule has 7 nitrogen and oxygen atoms in total. The van der Waals surface area contributed by atoms with E-state index in [2.05, 4.69) is 0 Å². The Morgan fingerprint density at radius 3 is 1.75 bits per heavy atom. The van der Waals surface area contributed by atoms with Crippen LogP contribution in [0.25, 0.3) is 0 Å². The van der Waals surface area contributed by atoms with Gasteiger partial charge in [0.2, 0.25) is 0 Å². The van der Waals surface area contributed by atoms with Crippen LogP contribution in [0.4, 0.5) is 0 Å². The number of carbonyl (C=O) groups is 2. The molecule has 0 aromatic rings. The van der Waals surface area contributed by atoms with E-state index in [1.165, 1.54) is 0 Å². The van der Waals surface area contributed by atoms with E-state index < -0.39 is 32.9 Å². The zero-order valence-corrected chi connectivity index (χ0v) is 13.5. The van der Waals surface area contributed by atoms with Crippen molar-refractivity contribution in [1.29, 1.82) is 0 Å². The van der Waals surface area contributed by atoms with Crippen LogP contribution in [0.1, 0.15) is 40.5 Å². The lowest BCUT2D eigenvalue weighted by Crippen LogP contribution is -2.58. The normalized spacial score (nSPS) is 13.0. The summed E-state index contributed by atoms with van der Waals surface area (Å²) in [6.07, 6.45) is -0.261. The van der Waals surface area contributed by atoms with Gasteiger partial charge in [-0.2, -0.15) is 0 Å². The van der Waals surface area contributed by atoms with E-state index >= 15 is 0 Å². The highest BCUT2D eigenvalue weighted by molar-refractivity contribution is 6.62. The minimum absolute atomic E-state index is 0.360. The third-order valence-electron chi connectivity index (χ3n) is 2.37. The highest BCUT2D eigenvalue weighted by Crippen LogP contribution is 2.21. The molecular weight excluding hydrogens is 284 g/mol. The molecule has 118 valence electrons. The lowest BCUT2D eigenvalue weighted by atomic mass is 10.4. The summed E-state index contributed by atoms with van der Waals surface area (Å²) in [4.78, 5) is 22.1. The molecule has 0 aromatic heterocycles. The molecule has 1 unspecified atom stereocenters. The topological polar surface area (TPSA) is 91.3 Å². The monoisotopic (exact) mass is 308 g/mol. The fourth-order valence-corrected chi connectivity index (χ4v) is 4.53. The van der Waals surface area contributed by atoms with Crippen LogP contribution in [0, 0.1) is 0 Å². The molecule has 0 radical (unpaired) electrons. The molecule has 0 spiro atoms. The van der Waals surface area contributed by atoms with E-state index in [-0.39, 0.29) is 0 Å². The summed E-state index contributed by atoms with van der Waals surface area (Å²) >= 11 is 0. The first-order chi connectivity index (χ1) is 9.45. The first-order valence-electron chi connectivity index (χ1n) is 6.78. The van der Waals surface area contributed by atoms with Gasteiger partial charge in [-0.25, -0.2) is 0 Å². The largest absolute Gasteiger partial charge is 0.544 e. The Bertz CT molecular complexity index is 291. The minimum atomic E-state index is -3.17. The molecular formula is C12H24O7Si. The van der Waals surface area contributed by atoms with E-state index in [0.29, 0.717) is 26.2 Å². The average Bonchev–Trinajstić information content (AvgIpc) is 2.35. The fourth-order valence-electron chi connectivity index (χ4n) is 1.74. The Balaban J connectivity index is 5.03. The van der Waals surface area contributed by atoms with Crippen LogP contribution in [0.3, 0.4) is 0 Å².